The van der Waals surface area contributed by atoms with Crippen LogP contribution in [0.15, 0.2) is 37.6 Å². The Bertz CT molecular complexity index is 416. The standard InChI is InChI=1S/C12H15N3O3/c1-3-7-15(8-4-2)11(16)9-18-12(17)10-5-6-13-14-10/h3-6H,1-2,7-9H2,(H,13,14). The average Bonchev–Trinajstić information content (AvgIpc) is 2.89. The highest BCUT2D eigenvalue weighted by atomic mass is 16.5. The fourth-order valence-electron chi connectivity index (χ4n) is 1.26. The van der Waals surface area contributed by atoms with Crippen LogP contribution >= 0.6 is 0 Å². The van der Waals surface area contributed by atoms with Gasteiger partial charge in [0.15, 0.2) is 6.61 Å². The predicted octanol–water partition coefficient (Wildman–Crippen LogP) is 0.767. The highest BCUT2D eigenvalue weighted by molar-refractivity contribution is 5.89. The van der Waals surface area contributed by atoms with Crippen LogP contribution in [0, 0.1) is 0 Å². The molecule has 0 saturated heterocycles. The number of hydrogen-bond donors (Lipinski definition) is 1. The number of nitrogens with zero attached hydrogens (tertiary/aromatic N) is 2. The van der Waals surface area contributed by atoms with E-state index in [9.17, 15) is 9.59 Å². The summed E-state index contributed by atoms with van der Waals surface area (Å²) in [5.41, 5.74) is 0.210. The van der Waals surface area contributed by atoms with Gasteiger partial charge in [0.25, 0.3) is 5.91 Å². The fraction of sp³-hybridized carbons (Fsp3) is 0.250. The number of hydrogen-bond acceptors (Lipinski definition) is 4. The first-order valence-corrected chi connectivity index (χ1v) is 5.35. The summed E-state index contributed by atoms with van der Waals surface area (Å²) >= 11 is 0. The predicted molar refractivity (Wildman–Crippen MR) is 65.8 cm³/mol. The van der Waals surface area contributed by atoms with Gasteiger partial charge in [-0.15, -0.1) is 13.2 Å². The molecule has 1 amide bonds. The molecule has 6 nitrogen and oxygen atoms in total. The smallest absolute Gasteiger partial charge is 0.356 e. The lowest BCUT2D eigenvalue weighted by molar-refractivity contribution is -0.133. The van der Waals surface area contributed by atoms with Crippen LogP contribution in [0.3, 0.4) is 0 Å². The molecule has 0 saturated carbocycles. The normalized spacial score (nSPS) is 9.56. The zero-order valence-corrected chi connectivity index (χ0v) is 9.96. The summed E-state index contributed by atoms with van der Waals surface area (Å²) in [6.45, 7) is 7.55. The van der Waals surface area contributed by atoms with Crippen LogP contribution in [0.5, 0.6) is 0 Å². The summed E-state index contributed by atoms with van der Waals surface area (Å²) in [6.07, 6.45) is 4.62. The third-order valence-electron chi connectivity index (χ3n) is 2.10. The first kappa shape index (κ1) is 13.7. The van der Waals surface area contributed by atoms with Crippen LogP contribution in [0.2, 0.25) is 0 Å². The number of amides is 1. The Morgan fingerprint density at radius 3 is 2.56 bits per heavy atom. The summed E-state index contributed by atoms with van der Waals surface area (Å²) in [5.74, 6) is -0.916. The van der Waals surface area contributed by atoms with E-state index in [1.807, 2.05) is 0 Å². The third-order valence-corrected chi connectivity index (χ3v) is 2.10. The lowest BCUT2D eigenvalue weighted by Crippen LogP contribution is -2.35. The Labute approximate surface area is 105 Å². The van der Waals surface area contributed by atoms with Crippen molar-refractivity contribution in [1.29, 1.82) is 0 Å². The van der Waals surface area contributed by atoms with Crippen molar-refractivity contribution < 1.29 is 14.3 Å². The number of carbonyl (C=O) groups is 2. The number of aromatic nitrogens is 2. The Morgan fingerprint density at radius 1 is 1.39 bits per heavy atom. The highest BCUT2D eigenvalue weighted by Gasteiger charge is 2.15. The Morgan fingerprint density at radius 2 is 2.06 bits per heavy atom. The average molecular weight is 249 g/mol. The lowest BCUT2D eigenvalue weighted by atomic mass is 10.4. The van der Waals surface area contributed by atoms with Crippen molar-refractivity contribution in [1.82, 2.24) is 15.1 Å². The number of ether oxygens (including phenoxy) is 1. The lowest BCUT2D eigenvalue weighted by Gasteiger charge is -2.18. The molecule has 1 N–H and O–H groups in total. The minimum absolute atomic E-state index is 0.210. The maximum Gasteiger partial charge on any atom is 0.356 e. The molecule has 0 atom stereocenters. The molecule has 96 valence electrons. The molecule has 0 unspecified atom stereocenters. The Kier molecular flexibility index (Phi) is 5.37. The number of esters is 1. The highest BCUT2D eigenvalue weighted by Crippen LogP contribution is 1.98. The van der Waals surface area contributed by atoms with Gasteiger partial charge in [-0.3, -0.25) is 9.89 Å². The monoisotopic (exact) mass is 249 g/mol. The van der Waals surface area contributed by atoms with Crippen molar-refractivity contribution in [2.24, 2.45) is 0 Å². The van der Waals surface area contributed by atoms with Crippen molar-refractivity contribution in [3.8, 4) is 0 Å². The van der Waals surface area contributed by atoms with Crippen LogP contribution in [0.4, 0.5) is 0 Å². The van der Waals surface area contributed by atoms with Gasteiger partial charge in [0.05, 0.1) is 0 Å². The molecule has 1 aromatic rings. The van der Waals surface area contributed by atoms with Crippen LogP contribution in [0.1, 0.15) is 10.5 Å². The first-order valence-electron chi connectivity index (χ1n) is 5.35. The van der Waals surface area contributed by atoms with Crippen LogP contribution in [0.25, 0.3) is 0 Å². The summed E-state index contributed by atoms with van der Waals surface area (Å²) in [6, 6.07) is 1.47. The summed E-state index contributed by atoms with van der Waals surface area (Å²) in [5, 5.41) is 6.08. The van der Waals surface area contributed by atoms with Crippen LogP contribution < -0.4 is 0 Å². The molecule has 0 aliphatic rings. The van der Waals surface area contributed by atoms with E-state index in [2.05, 4.69) is 23.4 Å². The van der Waals surface area contributed by atoms with E-state index in [1.165, 1.54) is 17.2 Å². The molecule has 18 heavy (non-hydrogen) atoms. The van der Waals surface area contributed by atoms with Gasteiger partial charge in [-0.1, -0.05) is 12.2 Å². The molecule has 0 radical (unpaired) electrons. The molecular weight excluding hydrogens is 234 g/mol. The number of H-pyrrole nitrogens is 1. The van der Waals surface area contributed by atoms with Gasteiger partial charge in [0.1, 0.15) is 5.69 Å². The maximum atomic E-state index is 11.7. The molecule has 0 bridgehead atoms. The van der Waals surface area contributed by atoms with Crippen LogP contribution in [-0.4, -0.2) is 46.7 Å². The second-order valence-corrected chi connectivity index (χ2v) is 3.42. The van der Waals surface area contributed by atoms with E-state index in [0.29, 0.717) is 13.1 Å². The summed E-state index contributed by atoms with van der Waals surface area (Å²) in [7, 11) is 0. The zero-order valence-electron chi connectivity index (χ0n) is 9.96. The minimum Gasteiger partial charge on any atom is -0.451 e. The molecule has 1 rings (SSSR count). The van der Waals surface area contributed by atoms with Gasteiger partial charge < -0.3 is 9.64 Å². The van der Waals surface area contributed by atoms with Gasteiger partial charge in [-0.2, -0.15) is 5.10 Å². The topological polar surface area (TPSA) is 75.3 Å². The first-order chi connectivity index (χ1) is 8.69. The Hall–Kier alpha value is -2.37. The number of rotatable bonds is 7. The molecule has 0 aliphatic heterocycles. The molecular formula is C12H15N3O3. The largest absolute Gasteiger partial charge is 0.451 e. The molecule has 0 spiro atoms. The van der Waals surface area contributed by atoms with Crippen molar-refractivity contribution in [2.75, 3.05) is 19.7 Å². The number of nitrogens with one attached hydrogen (secondary N) is 1. The summed E-state index contributed by atoms with van der Waals surface area (Å²) < 4.78 is 4.85. The molecule has 6 heteroatoms. The number of aromatic amines is 1. The molecule has 0 fully saturated rings. The van der Waals surface area contributed by atoms with E-state index in [-0.39, 0.29) is 18.2 Å². The van der Waals surface area contributed by atoms with E-state index < -0.39 is 5.97 Å². The molecule has 1 heterocycles. The molecule has 0 aromatic carbocycles. The van der Waals surface area contributed by atoms with Crippen molar-refractivity contribution in [3.63, 3.8) is 0 Å². The Balaban J connectivity index is 2.46. The van der Waals surface area contributed by atoms with Crippen molar-refractivity contribution >= 4 is 11.9 Å². The van der Waals surface area contributed by atoms with Crippen LogP contribution in [-0.2, 0) is 9.53 Å². The third kappa shape index (κ3) is 3.89. The van der Waals surface area contributed by atoms with Gasteiger partial charge in [0.2, 0.25) is 0 Å². The number of carbonyl (C=O) groups excluding carboxylic acids is 2. The molecule has 1 aromatic heterocycles. The summed E-state index contributed by atoms with van der Waals surface area (Å²) in [4.78, 5) is 24.6. The maximum absolute atomic E-state index is 11.7. The van der Waals surface area contributed by atoms with E-state index in [0.717, 1.165) is 0 Å². The van der Waals surface area contributed by atoms with Gasteiger partial charge >= 0.3 is 5.97 Å². The quantitative estimate of drug-likeness (QED) is 0.572. The van der Waals surface area contributed by atoms with Gasteiger partial charge in [-0.25, -0.2) is 4.79 Å². The SMILES string of the molecule is C=CCN(CC=C)C(=O)COC(=O)c1ccn[nH]1. The van der Waals surface area contributed by atoms with Gasteiger partial charge in [-0.05, 0) is 6.07 Å². The molecule has 0 aliphatic carbocycles. The van der Waals surface area contributed by atoms with E-state index in [4.69, 9.17) is 4.74 Å². The van der Waals surface area contributed by atoms with Crippen molar-refractivity contribution in [2.45, 2.75) is 0 Å². The second kappa shape index (κ2) is 7.05. The second-order valence-electron chi connectivity index (χ2n) is 3.42. The minimum atomic E-state index is -0.613. The van der Waals surface area contributed by atoms with Crippen molar-refractivity contribution in [3.05, 3.63) is 43.3 Å². The van der Waals surface area contributed by atoms with E-state index in [1.54, 1.807) is 12.2 Å². The van der Waals surface area contributed by atoms with Gasteiger partial charge in [0, 0.05) is 19.3 Å². The fourth-order valence-corrected chi connectivity index (χ4v) is 1.26. The zero-order chi connectivity index (χ0) is 13.4. The van der Waals surface area contributed by atoms with E-state index >= 15 is 0 Å².